The maximum absolute atomic E-state index is 6.83. The van der Waals surface area contributed by atoms with Crippen LogP contribution < -0.4 is 10.2 Å². The first kappa shape index (κ1) is 33.2. The molecule has 2 aromatic heterocycles. The van der Waals surface area contributed by atoms with Crippen molar-refractivity contribution in [3.63, 3.8) is 0 Å². The highest BCUT2D eigenvalue weighted by Gasteiger charge is 2.28. The molecule has 0 radical (unpaired) electrons. The van der Waals surface area contributed by atoms with E-state index in [0.29, 0.717) is 0 Å². The van der Waals surface area contributed by atoms with E-state index in [1.807, 2.05) is 17.4 Å². The van der Waals surface area contributed by atoms with Crippen LogP contribution in [0, 0.1) is 0 Å². The molecule has 0 fully saturated rings. The van der Waals surface area contributed by atoms with E-state index in [-0.39, 0.29) is 6.04 Å². The summed E-state index contributed by atoms with van der Waals surface area (Å²) in [6.07, 6.45) is 0. The zero-order valence-electron chi connectivity index (χ0n) is 30.8. The van der Waals surface area contributed by atoms with E-state index in [2.05, 4.69) is 204 Å². The highest BCUT2D eigenvalue weighted by atomic mass is 32.1. The molecule has 270 valence electrons. The third-order valence-corrected chi connectivity index (χ3v) is 12.2. The summed E-state index contributed by atoms with van der Waals surface area (Å²) < 4.78 is 8.08. The minimum absolute atomic E-state index is 0.0114. The Hall–Kier alpha value is -7.21. The average molecular weight is 750 g/mol. The van der Waals surface area contributed by atoms with Crippen molar-refractivity contribution >= 4 is 71.9 Å². The maximum atomic E-state index is 6.83. The number of rotatable bonds is 7. The van der Waals surface area contributed by atoms with Gasteiger partial charge in [-0.25, -0.2) is 4.99 Å². The molecule has 0 amide bonds. The number of aliphatic imine (C=N–C) groups is 1. The number of para-hydroxylation sites is 2. The lowest BCUT2D eigenvalue weighted by molar-refractivity contribution is 0.669. The molecule has 0 bridgehead atoms. The van der Waals surface area contributed by atoms with Gasteiger partial charge in [0.1, 0.15) is 11.4 Å². The number of benzene rings is 8. The summed E-state index contributed by atoms with van der Waals surface area (Å²) in [5, 5.41) is 7.18. The van der Waals surface area contributed by atoms with Gasteiger partial charge < -0.3 is 14.6 Å². The first-order chi connectivity index (χ1) is 28.3. The molecule has 0 saturated heterocycles. The number of hydrogen-bond donors (Lipinski definition) is 1. The minimum atomic E-state index is 0.0114. The Morgan fingerprint density at radius 2 is 1.11 bits per heavy atom. The molecular weight excluding hydrogens is 715 g/mol. The van der Waals surface area contributed by atoms with Gasteiger partial charge in [-0.3, -0.25) is 0 Å². The molecule has 1 aliphatic heterocycles. The van der Waals surface area contributed by atoms with Crippen molar-refractivity contribution in [1.82, 2.24) is 5.32 Å². The standard InChI is InChI=1S/C52H35N3OS/c1-4-14-34(15-5-1)35-28-30-40(31-29-35)55(39-18-8-3-9-19-39)44-33-32-41(47-42-20-10-12-22-45(42)56-50(44)47)36-24-26-38(27-25-36)52-53-48(37-16-6-2-7-17-37)51-49(54-52)43-21-11-13-23-46(43)57-51/h1-33,48H,(H,53,54). The van der Waals surface area contributed by atoms with Crippen LogP contribution in [0.3, 0.4) is 0 Å². The molecule has 4 nitrogen and oxygen atoms in total. The first-order valence-corrected chi connectivity index (χ1v) is 20.1. The molecule has 10 aromatic rings. The largest absolute Gasteiger partial charge is 0.454 e. The molecule has 5 heteroatoms. The van der Waals surface area contributed by atoms with Gasteiger partial charge in [0.25, 0.3) is 0 Å². The van der Waals surface area contributed by atoms with Gasteiger partial charge in [-0.2, -0.15) is 0 Å². The Morgan fingerprint density at radius 1 is 0.509 bits per heavy atom. The van der Waals surface area contributed by atoms with Gasteiger partial charge in [0.15, 0.2) is 5.58 Å². The van der Waals surface area contributed by atoms with Gasteiger partial charge in [0.05, 0.1) is 22.3 Å². The zero-order chi connectivity index (χ0) is 37.7. The summed E-state index contributed by atoms with van der Waals surface area (Å²) in [4.78, 5) is 8.81. The van der Waals surface area contributed by atoms with Gasteiger partial charge in [0.2, 0.25) is 0 Å². The van der Waals surface area contributed by atoms with Crippen LogP contribution >= 0.6 is 11.3 Å². The summed E-state index contributed by atoms with van der Waals surface area (Å²) in [7, 11) is 0. The fourth-order valence-corrected chi connectivity index (χ4v) is 9.44. The number of hydrogen-bond acceptors (Lipinski definition) is 5. The van der Waals surface area contributed by atoms with Crippen molar-refractivity contribution in [3.8, 4) is 22.3 Å². The second-order valence-corrected chi connectivity index (χ2v) is 15.4. The third-order valence-electron chi connectivity index (χ3n) is 11.0. The van der Waals surface area contributed by atoms with Crippen molar-refractivity contribution in [3.05, 3.63) is 216 Å². The van der Waals surface area contributed by atoms with Gasteiger partial charge in [0, 0.05) is 37.8 Å². The summed E-state index contributed by atoms with van der Waals surface area (Å²) in [6, 6.07) is 70.7. The Labute approximate surface area is 334 Å². The highest BCUT2D eigenvalue weighted by molar-refractivity contribution is 7.19. The molecule has 1 unspecified atom stereocenters. The summed E-state index contributed by atoms with van der Waals surface area (Å²) >= 11 is 1.82. The highest BCUT2D eigenvalue weighted by Crippen LogP contribution is 2.48. The number of fused-ring (bicyclic) bond motifs is 6. The van der Waals surface area contributed by atoms with Crippen LogP contribution in [0.1, 0.15) is 22.0 Å². The molecule has 11 rings (SSSR count). The van der Waals surface area contributed by atoms with Crippen LogP contribution in [0.5, 0.6) is 0 Å². The number of anilines is 3. The Bertz CT molecular complexity index is 3080. The Balaban J connectivity index is 1.02. The fourth-order valence-electron chi connectivity index (χ4n) is 8.21. The number of furan rings is 1. The third kappa shape index (κ3) is 5.79. The zero-order valence-corrected chi connectivity index (χ0v) is 31.7. The smallest absolute Gasteiger partial charge is 0.160 e. The molecule has 1 atom stereocenters. The van der Waals surface area contributed by atoms with Crippen LogP contribution in [0.25, 0.3) is 54.3 Å². The van der Waals surface area contributed by atoms with E-state index in [4.69, 9.17) is 9.41 Å². The summed E-state index contributed by atoms with van der Waals surface area (Å²) in [5.74, 6) is 0.873. The molecule has 0 saturated carbocycles. The second-order valence-electron chi connectivity index (χ2n) is 14.4. The minimum Gasteiger partial charge on any atom is -0.454 e. The van der Waals surface area contributed by atoms with Crippen molar-refractivity contribution in [1.29, 1.82) is 0 Å². The topological polar surface area (TPSA) is 40.8 Å². The van der Waals surface area contributed by atoms with Gasteiger partial charge in [-0.15, -0.1) is 11.3 Å². The number of nitrogens with zero attached hydrogens (tertiary/aromatic N) is 2. The van der Waals surface area contributed by atoms with E-state index in [9.17, 15) is 0 Å². The van der Waals surface area contributed by atoms with E-state index in [1.54, 1.807) is 0 Å². The average Bonchev–Trinajstić information content (AvgIpc) is 3.87. The quantitative estimate of drug-likeness (QED) is 0.176. The van der Waals surface area contributed by atoms with E-state index in [0.717, 1.165) is 67.2 Å². The van der Waals surface area contributed by atoms with E-state index in [1.165, 1.54) is 31.7 Å². The predicted octanol–water partition coefficient (Wildman–Crippen LogP) is 14.4. The Morgan fingerprint density at radius 3 is 1.88 bits per heavy atom. The summed E-state index contributed by atoms with van der Waals surface area (Å²) in [6.45, 7) is 0. The van der Waals surface area contributed by atoms with Crippen molar-refractivity contribution in [2.45, 2.75) is 6.04 Å². The number of amidine groups is 1. The SMILES string of the molecule is c1ccc(-c2ccc(N(c3ccccc3)c3ccc(-c4ccc(C5=Nc6c(sc7ccccc67)C(c6ccccc6)N5)cc4)c4c3oc3ccccc34)cc2)cc1. The van der Waals surface area contributed by atoms with Gasteiger partial charge in [-0.1, -0.05) is 158 Å². The van der Waals surface area contributed by atoms with Crippen LogP contribution in [0.2, 0.25) is 0 Å². The Kier molecular flexibility index (Phi) is 8.04. The normalized spacial score (nSPS) is 13.7. The molecular formula is C52H35N3OS. The van der Waals surface area contributed by atoms with Crippen LogP contribution in [0.15, 0.2) is 210 Å². The first-order valence-electron chi connectivity index (χ1n) is 19.2. The van der Waals surface area contributed by atoms with Crippen molar-refractivity contribution in [2.75, 3.05) is 4.90 Å². The molecule has 3 heterocycles. The molecule has 0 aliphatic carbocycles. The van der Waals surface area contributed by atoms with Crippen molar-refractivity contribution < 1.29 is 4.42 Å². The van der Waals surface area contributed by atoms with Crippen LogP contribution in [0.4, 0.5) is 22.7 Å². The van der Waals surface area contributed by atoms with Gasteiger partial charge in [-0.05, 0) is 70.3 Å². The lowest BCUT2D eigenvalue weighted by Crippen LogP contribution is -2.32. The molecule has 1 N–H and O–H groups in total. The summed E-state index contributed by atoms with van der Waals surface area (Å²) in [5.41, 5.74) is 12.7. The van der Waals surface area contributed by atoms with Crippen LogP contribution in [-0.4, -0.2) is 5.84 Å². The fraction of sp³-hybridized carbons (Fsp3) is 0.0192. The van der Waals surface area contributed by atoms with Crippen molar-refractivity contribution in [2.24, 2.45) is 4.99 Å². The van der Waals surface area contributed by atoms with Crippen LogP contribution in [-0.2, 0) is 0 Å². The second kappa shape index (κ2) is 13.8. The van der Waals surface area contributed by atoms with E-state index >= 15 is 0 Å². The molecule has 57 heavy (non-hydrogen) atoms. The van der Waals surface area contributed by atoms with E-state index < -0.39 is 0 Å². The molecule has 8 aromatic carbocycles. The number of thiophene rings is 1. The van der Waals surface area contributed by atoms with Gasteiger partial charge >= 0.3 is 0 Å². The maximum Gasteiger partial charge on any atom is 0.160 e. The predicted molar refractivity (Wildman–Crippen MR) is 239 cm³/mol. The lowest BCUT2D eigenvalue weighted by atomic mass is 9.96. The molecule has 0 spiro atoms. The number of nitrogens with one attached hydrogen (secondary N) is 1. The molecule has 1 aliphatic rings. The lowest BCUT2D eigenvalue weighted by Gasteiger charge is -2.26. The monoisotopic (exact) mass is 749 g/mol.